The largest absolute Gasteiger partial charge is 0.508 e. The van der Waals surface area contributed by atoms with Gasteiger partial charge in [-0.3, -0.25) is 9.55 Å². The summed E-state index contributed by atoms with van der Waals surface area (Å²) in [5.41, 5.74) is 1.97. The van der Waals surface area contributed by atoms with Crippen LogP contribution in [0.4, 0.5) is 0 Å². The summed E-state index contributed by atoms with van der Waals surface area (Å²) in [4.78, 5) is 13.8. The van der Waals surface area contributed by atoms with Crippen LogP contribution in [0.2, 0.25) is 0 Å². The maximum absolute atomic E-state index is 12.1. The van der Waals surface area contributed by atoms with Gasteiger partial charge in [-0.2, -0.15) is 0 Å². The molecular formula is C18H22NO4P. The molecular weight excluding hydrogens is 325 g/mol. The first-order chi connectivity index (χ1) is 11.2. The number of phenols is 1. The van der Waals surface area contributed by atoms with E-state index in [4.69, 9.17) is 4.52 Å². The van der Waals surface area contributed by atoms with E-state index in [9.17, 15) is 14.6 Å². The van der Waals surface area contributed by atoms with E-state index in [1.807, 2.05) is 20.8 Å². The van der Waals surface area contributed by atoms with Crippen LogP contribution in [0.3, 0.4) is 0 Å². The first-order valence-corrected chi connectivity index (χ1v) is 9.21. The second-order valence-electron chi connectivity index (χ2n) is 6.54. The molecule has 0 amide bonds. The van der Waals surface area contributed by atoms with Crippen molar-refractivity contribution in [1.29, 1.82) is 0 Å². The molecule has 6 heteroatoms. The second-order valence-corrected chi connectivity index (χ2v) is 8.23. The third-order valence-corrected chi connectivity index (χ3v) is 4.45. The monoisotopic (exact) mass is 347 g/mol. The van der Waals surface area contributed by atoms with E-state index in [1.165, 1.54) is 6.08 Å². The minimum atomic E-state index is -3.86. The van der Waals surface area contributed by atoms with Gasteiger partial charge in [-0.05, 0) is 46.4 Å². The zero-order valence-corrected chi connectivity index (χ0v) is 14.9. The smallest absolute Gasteiger partial charge is 0.351 e. The van der Waals surface area contributed by atoms with Gasteiger partial charge in [-0.1, -0.05) is 32.9 Å². The van der Waals surface area contributed by atoms with Crippen molar-refractivity contribution in [3.8, 4) is 5.75 Å². The number of hydrogen-bond donors (Lipinski definition) is 2. The molecule has 2 N–H and O–H groups in total. The van der Waals surface area contributed by atoms with Gasteiger partial charge in [0, 0.05) is 18.2 Å². The molecule has 24 heavy (non-hydrogen) atoms. The summed E-state index contributed by atoms with van der Waals surface area (Å²) >= 11 is 0. The molecule has 0 radical (unpaired) electrons. The van der Waals surface area contributed by atoms with Gasteiger partial charge in [0.2, 0.25) is 0 Å². The van der Waals surface area contributed by atoms with E-state index >= 15 is 0 Å². The molecule has 1 unspecified atom stereocenters. The number of hydrogen-bond acceptors (Lipinski definition) is 4. The molecule has 2 aromatic rings. The molecule has 0 saturated carbocycles. The first-order valence-electron chi connectivity index (χ1n) is 7.56. The van der Waals surface area contributed by atoms with Crippen LogP contribution < -0.4 is 0 Å². The fourth-order valence-corrected chi connectivity index (χ4v) is 2.92. The van der Waals surface area contributed by atoms with Crippen LogP contribution in [0.25, 0.3) is 6.08 Å². The zero-order valence-electron chi connectivity index (χ0n) is 14.0. The number of rotatable bonds is 5. The standard InChI is InChI=1S/C18H22NO4P/c1-18(2,3)16-11-15(6-7-17(16)20)13-23-24(21,22)10-8-14-5-4-9-19-12-14/h4-12,20H,13H2,1-3H3,(H,21,22)/b10-8+. The van der Waals surface area contributed by atoms with Crippen LogP contribution in [0.15, 0.2) is 48.5 Å². The van der Waals surface area contributed by atoms with Crippen LogP contribution in [0, 0.1) is 0 Å². The Kier molecular flexibility index (Phi) is 5.60. The van der Waals surface area contributed by atoms with Crippen LogP contribution in [-0.2, 0) is 21.1 Å². The number of nitrogens with zero attached hydrogens (tertiary/aromatic N) is 1. The zero-order chi connectivity index (χ0) is 17.8. The summed E-state index contributed by atoms with van der Waals surface area (Å²) in [5.74, 6) is 1.35. The first kappa shape index (κ1) is 18.4. The molecule has 0 fully saturated rings. The molecule has 0 spiro atoms. The van der Waals surface area contributed by atoms with Crippen molar-refractivity contribution in [2.75, 3.05) is 0 Å². The Balaban J connectivity index is 2.07. The Morgan fingerprint density at radius 2 is 2.04 bits per heavy atom. The molecule has 1 aromatic heterocycles. The number of benzene rings is 1. The lowest BCUT2D eigenvalue weighted by atomic mass is 9.85. The lowest BCUT2D eigenvalue weighted by Crippen LogP contribution is -2.11. The third-order valence-electron chi connectivity index (χ3n) is 3.42. The maximum Gasteiger partial charge on any atom is 0.351 e. The molecule has 0 aliphatic rings. The highest BCUT2D eigenvalue weighted by Gasteiger charge is 2.20. The highest BCUT2D eigenvalue weighted by Crippen LogP contribution is 2.45. The molecule has 1 heterocycles. The molecule has 0 bridgehead atoms. The van der Waals surface area contributed by atoms with E-state index in [2.05, 4.69) is 4.98 Å². The Hall–Kier alpha value is -1.94. The van der Waals surface area contributed by atoms with Gasteiger partial charge in [-0.25, -0.2) is 0 Å². The van der Waals surface area contributed by atoms with Crippen molar-refractivity contribution in [2.24, 2.45) is 0 Å². The Labute approximate surface area is 142 Å². The third kappa shape index (κ3) is 5.31. The minimum absolute atomic E-state index is 0.0193. The molecule has 1 atom stereocenters. The van der Waals surface area contributed by atoms with Crippen molar-refractivity contribution < 1.29 is 19.1 Å². The highest BCUT2D eigenvalue weighted by molar-refractivity contribution is 7.56. The summed E-state index contributed by atoms with van der Waals surface area (Å²) < 4.78 is 17.3. The fourth-order valence-electron chi connectivity index (χ4n) is 2.14. The van der Waals surface area contributed by atoms with Crippen molar-refractivity contribution in [1.82, 2.24) is 4.98 Å². The summed E-state index contributed by atoms with van der Waals surface area (Å²) in [7, 11) is -3.86. The van der Waals surface area contributed by atoms with Gasteiger partial charge in [0.05, 0.1) is 6.61 Å². The van der Waals surface area contributed by atoms with Crippen molar-refractivity contribution in [2.45, 2.75) is 32.8 Å². The van der Waals surface area contributed by atoms with E-state index in [0.717, 1.165) is 22.5 Å². The number of aromatic hydroxyl groups is 1. The van der Waals surface area contributed by atoms with Crippen LogP contribution >= 0.6 is 7.60 Å². The van der Waals surface area contributed by atoms with E-state index in [1.54, 1.807) is 42.7 Å². The average molecular weight is 347 g/mol. The van der Waals surface area contributed by atoms with Gasteiger partial charge in [0.1, 0.15) is 5.75 Å². The molecule has 2 rings (SSSR count). The summed E-state index contributed by atoms with van der Waals surface area (Å²) in [6.07, 6.45) is 4.72. The van der Waals surface area contributed by atoms with Crippen molar-refractivity contribution >= 4 is 13.7 Å². The van der Waals surface area contributed by atoms with Crippen LogP contribution in [0.5, 0.6) is 5.75 Å². The van der Waals surface area contributed by atoms with Gasteiger partial charge < -0.3 is 14.5 Å². The number of pyridine rings is 1. The summed E-state index contributed by atoms with van der Waals surface area (Å²) in [6.45, 7) is 5.94. The summed E-state index contributed by atoms with van der Waals surface area (Å²) in [5, 5.41) is 9.95. The maximum atomic E-state index is 12.1. The number of aromatic nitrogens is 1. The fraction of sp³-hybridized carbons (Fsp3) is 0.278. The lowest BCUT2D eigenvalue weighted by Gasteiger charge is -2.21. The van der Waals surface area contributed by atoms with Gasteiger partial charge in [0.25, 0.3) is 0 Å². The predicted molar refractivity (Wildman–Crippen MR) is 94.7 cm³/mol. The van der Waals surface area contributed by atoms with Crippen molar-refractivity contribution in [3.63, 3.8) is 0 Å². The Morgan fingerprint density at radius 1 is 1.29 bits per heavy atom. The average Bonchev–Trinajstić information content (AvgIpc) is 2.52. The highest BCUT2D eigenvalue weighted by atomic mass is 31.2. The molecule has 0 saturated heterocycles. The van der Waals surface area contributed by atoms with Gasteiger partial charge >= 0.3 is 7.60 Å². The van der Waals surface area contributed by atoms with Crippen LogP contribution in [0.1, 0.15) is 37.5 Å². The van der Waals surface area contributed by atoms with E-state index in [-0.39, 0.29) is 17.8 Å². The molecule has 0 aliphatic heterocycles. The Morgan fingerprint density at radius 3 is 2.67 bits per heavy atom. The normalized spacial score (nSPS) is 14.7. The quantitative estimate of drug-likeness (QED) is 0.781. The van der Waals surface area contributed by atoms with Crippen molar-refractivity contribution in [3.05, 3.63) is 65.2 Å². The lowest BCUT2D eigenvalue weighted by molar-refractivity contribution is 0.258. The van der Waals surface area contributed by atoms with Gasteiger partial charge in [0.15, 0.2) is 0 Å². The van der Waals surface area contributed by atoms with Crippen LogP contribution in [-0.4, -0.2) is 15.0 Å². The molecule has 128 valence electrons. The molecule has 5 nitrogen and oxygen atoms in total. The van der Waals surface area contributed by atoms with Gasteiger partial charge in [-0.15, -0.1) is 0 Å². The Bertz CT molecular complexity index is 766. The summed E-state index contributed by atoms with van der Waals surface area (Å²) in [6, 6.07) is 8.56. The van der Waals surface area contributed by atoms with E-state index in [0.29, 0.717) is 0 Å². The predicted octanol–water partition coefficient (Wildman–Crippen LogP) is 4.46. The SMILES string of the molecule is CC(C)(C)c1cc(COP(=O)(O)/C=C/c2cccnc2)ccc1O. The topological polar surface area (TPSA) is 79.7 Å². The molecule has 1 aromatic carbocycles. The molecule has 0 aliphatic carbocycles. The van der Waals surface area contributed by atoms with E-state index < -0.39 is 7.60 Å². The second kappa shape index (κ2) is 7.31. The minimum Gasteiger partial charge on any atom is -0.508 e. The number of phenolic OH excluding ortho intramolecular Hbond substituents is 1.